The van der Waals surface area contributed by atoms with Gasteiger partial charge in [0.2, 0.25) is 0 Å². The minimum atomic E-state index is -4.71. The summed E-state index contributed by atoms with van der Waals surface area (Å²) in [5.41, 5.74) is 2.94. The van der Waals surface area contributed by atoms with Crippen molar-refractivity contribution < 1.29 is 37.3 Å². The molecule has 0 radical (unpaired) electrons. The largest absolute Gasteiger partial charge is 0.573 e. The molecule has 1 atom stereocenters. The summed E-state index contributed by atoms with van der Waals surface area (Å²) in [5.74, 6) is -0.587. The maximum absolute atomic E-state index is 12.2. The molecule has 28 heavy (non-hydrogen) atoms. The summed E-state index contributed by atoms with van der Waals surface area (Å²) in [7, 11) is 0. The minimum Gasteiger partial charge on any atom is -0.489 e. The molecule has 0 aromatic heterocycles. The van der Waals surface area contributed by atoms with Crippen LogP contribution in [-0.4, -0.2) is 30.1 Å². The van der Waals surface area contributed by atoms with E-state index in [9.17, 15) is 18.0 Å². The van der Waals surface area contributed by atoms with E-state index < -0.39 is 12.3 Å². The second kappa shape index (κ2) is 8.52. The molecule has 2 aromatic rings. The Morgan fingerprint density at radius 1 is 1.07 bits per heavy atom. The van der Waals surface area contributed by atoms with Gasteiger partial charge in [-0.25, -0.2) is 4.79 Å². The van der Waals surface area contributed by atoms with Gasteiger partial charge in [-0.1, -0.05) is 18.2 Å². The number of halogens is 3. The predicted octanol–water partition coefficient (Wildman–Crippen LogP) is 4.12. The number of carboxylic acid groups (broad SMARTS) is 1. The fourth-order valence-corrected chi connectivity index (χ4v) is 3.07. The van der Waals surface area contributed by atoms with Gasteiger partial charge in [-0.05, 0) is 60.2 Å². The quantitative estimate of drug-likeness (QED) is 0.763. The van der Waals surface area contributed by atoms with Crippen molar-refractivity contribution in [1.82, 2.24) is 0 Å². The molecule has 0 fully saturated rings. The van der Waals surface area contributed by atoms with Crippen LogP contribution >= 0.6 is 0 Å². The summed E-state index contributed by atoms with van der Waals surface area (Å²) in [6.07, 6.45) is -2.65. The van der Waals surface area contributed by atoms with E-state index >= 15 is 0 Å². The summed E-state index contributed by atoms with van der Waals surface area (Å²) >= 11 is 0. The molecule has 1 unspecified atom stereocenters. The molecule has 2 aromatic carbocycles. The second-order valence-corrected chi connectivity index (χ2v) is 6.48. The van der Waals surface area contributed by atoms with Crippen LogP contribution in [0.2, 0.25) is 0 Å². The molecule has 1 aliphatic rings. The van der Waals surface area contributed by atoms with Crippen LogP contribution in [0.25, 0.3) is 0 Å². The first kappa shape index (κ1) is 20.0. The minimum absolute atomic E-state index is 0.104. The van der Waals surface area contributed by atoms with Crippen LogP contribution in [-0.2, 0) is 29.0 Å². The molecule has 150 valence electrons. The maximum atomic E-state index is 12.2. The molecule has 0 amide bonds. The first-order valence-corrected chi connectivity index (χ1v) is 8.71. The Bertz CT molecular complexity index is 818. The van der Waals surface area contributed by atoms with Crippen molar-refractivity contribution in [2.24, 2.45) is 0 Å². The van der Waals surface area contributed by atoms with E-state index in [0.717, 1.165) is 29.5 Å². The Morgan fingerprint density at radius 3 is 2.46 bits per heavy atom. The van der Waals surface area contributed by atoms with Gasteiger partial charge in [-0.15, -0.1) is 13.2 Å². The number of carbonyl (C=O) groups is 1. The Morgan fingerprint density at radius 2 is 1.79 bits per heavy atom. The number of aliphatic carboxylic acids is 1. The standard InChI is InChI=1S/C20H19F3O5/c21-20(22,23)28-16-5-1-13(2-6-16)11-26-17-7-3-15-10-18(27-12-19(24)25)8-4-14(15)9-17/h1-3,5-7,9,18H,4,8,10-12H2,(H,24,25). The van der Waals surface area contributed by atoms with Crippen LogP contribution in [0.3, 0.4) is 0 Å². The SMILES string of the molecule is O=C(O)COC1CCc2cc(OCc3ccc(OC(F)(F)F)cc3)ccc2C1. The van der Waals surface area contributed by atoms with Crippen LogP contribution in [0.4, 0.5) is 13.2 Å². The van der Waals surface area contributed by atoms with E-state index in [1.165, 1.54) is 24.3 Å². The summed E-state index contributed by atoms with van der Waals surface area (Å²) in [6, 6.07) is 11.2. The van der Waals surface area contributed by atoms with Crippen molar-refractivity contribution in [1.29, 1.82) is 0 Å². The third-order valence-corrected chi connectivity index (χ3v) is 4.37. The van der Waals surface area contributed by atoms with Crippen molar-refractivity contribution in [3.63, 3.8) is 0 Å². The first-order chi connectivity index (χ1) is 13.3. The van der Waals surface area contributed by atoms with E-state index in [2.05, 4.69) is 4.74 Å². The number of hydrogen-bond donors (Lipinski definition) is 1. The average molecular weight is 396 g/mol. The fourth-order valence-electron chi connectivity index (χ4n) is 3.07. The van der Waals surface area contributed by atoms with E-state index in [1.807, 2.05) is 18.2 Å². The lowest BCUT2D eigenvalue weighted by Crippen LogP contribution is -2.25. The number of fused-ring (bicyclic) bond motifs is 1. The molecule has 3 rings (SSSR count). The van der Waals surface area contributed by atoms with Gasteiger partial charge in [0.25, 0.3) is 0 Å². The number of aryl methyl sites for hydroxylation is 1. The van der Waals surface area contributed by atoms with Gasteiger partial charge in [-0.2, -0.15) is 0 Å². The van der Waals surface area contributed by atoms with E-state index in [-0.39, 0.29) is 25.1 Å². The average Bonchev–Trinajstić information content (AvgIpc) is 2.64. The van der Waals surface area contributed by atoms with Crippen molar-refractivity contribution in [2.45, 2.75) is 38.3 Å². The Kier molecular flexibility index (Phi) is 6.08. The summed E-state index contributed by atoms with van der Waals surface area (Å²) < 4.78 is 51.4. The van der Waals surface area contributed by atoms with Crippen LogP contribution < -0.4 is 9.47 Å². The van der Waals surface area contributed by atoms with Gasteiger partial charge in [0, 0.05) is 0 Å². The third-order valence-electron chi connectivity index (χ3n) is 4.37. The summed E-state index contributed by atoms with van der Waals surface area (Å²) in [4.78, 5) is 10.6. The van der Waals surface area contributed by atoms with Gasteiger partial charge < -0.3 is 19.3 Å². The highest BCUT2D eigenvalue weighted by atomic mass is 19.4. The molecule has 0 saturated carbocycles. The van der Waals surface area contributed by atoms with Gasteiger partial charge in [0.15, 0.2) is 0 Å². The monoisotopic (exact) mass is 396 g/mol. The van der Waals surface area contributed by atoms with Crippen molar-refractivity contribution in [3.8, 4) is 11.5 Å². The predicted molar refractivity (Wildman–Crippen MR) is 93.3 cm³/mol. The topological polar surface area (TPSA) is 65.0 Å². The van der Waals surface area contributed by atoms with Crippen LogP contribution in [0.5, 0.6) is 11.5 Å². The van der Waals surface area contributed by atoms with Crippen molar-refractivity contribution >= 4 is 5.97 Å². The van der Waals surface area contributed by atoms with E-state index in [0.29, 0.717) is 12.2 Å². The van der Waals surface area contributed by atoms with Crippen LogP contribution in [0.1, 0.15) is 23.1 Å². The van der Waals surface area contributed by atoms with Gasteiger partial charge in [0.05, 0.1) is 6.10 Å². The molecule has 8 heteroatoms. The zero-order valence-electron chi connectivity index (χ0n) is 14.9. The molecule has 0 spiro atoms. The number of rotatable bonds is 7. The fraction of sp³-hybridized carbons (Fsp3) is 0.350. The number of hydrogen-bond acceptors (Lipinski definition) is 4. The van der Waals surface area contributed by atoms with Crippen LogP contribution in [0, 0.1) is 0 Å². The highest BCUT2D eigenvalue weighted by Crippen LogP contribution is 2.28. The molecule has 1 aliphatic carbocycles. The molecule has 0 bridgehead atoms. The number of alkyl halides is 3. The van der Waals surface area contributed by atoms with E-state index in [4.69, 9.17) is 14.6 Å². The molecule has 1 N–H and O–H groups in total. The first-order valence-electron chi connectivity index (χ1n) is 8.71. The summed E-state index contributed by atoms with van der Waals surface area (Å²) in [6.45, 7) is -0.0799. The van der Waals surface area contributed by atoms with Gasteiger partial charge in [-0.3, -0.25) is 0 Å². The Labute approximate surface area is 159 Å². The van der Waals surface area contributed by atoms with Gasteiger partial charge in [0.1, 0.15) is 24.7 Å². The van der Waals surface area contributed by atoms with E-state index in [1.54, 1.807) is 0 Å². The number of benzene rings is 2. The number of ether oxygens (including phenoxy) is 3. The third kappa shape index (κ3) is 5.88. The smallest absolute Gasteiger partial charge is 0.489 e. The number of carboxylic acids is 1. The molecule has 0 heterocycles. The molecule has 5 nitrogen and oxygen atoms in total. The molecular formula is C20H19F3O5. The zero-order chi connectivity index (χ0) is 20.1. The molecular weight excluding hydrogens is 377 g/mol. The Hall–Kier alpha value is -2.74. The molecule has 0 saturated heterocycles. The molecule has 0 aliphatic heterocycles. The second-order valence-electron chi connectivity index (χ2n) is 6.48. The highest BCUT2D eigenvalue weighted by Gasteiger charge is 2.30. The maximum Gasteiger partial charge on any atom is 0.573 e. The lowest BCUT2D eigenvalue weighted by atomic mass is 9.89. The highest BCUT2D eigenvalue weighted by molar-refractivity contribution is 5.68. The normalized spacial score (nSPS) is 16.3. The van der Waals surface area contributed by atoms with Crippen molar-refractivity contribution in [2.75, 3.05) is 6.61 Å². The lowest BCUT2D eigenvalue weighted by Gasteiger charge is -2.24. The van der Waals surface area contributed by atoms with Crippen LogP contribution in [0.15, 0.2) is 42.5 Å². The van der Waals surface area contributed by atoms with Gasteiger partial charge >= 0.3 is 12.3 Å². The summed E-state index contributed by atoms with van der Waals surface area (Å²) in [5, 5.41) is 8.70. The Balaban J connectivity index is 1.54. The lowest BCUT2D eigenvalue weighted by molar-refractivity contribution is -0.274. The zero-order valence-corrected chi connectivity index (χ0v) is 14.9. The van der Waals surface area contributed by atoms with Crippen molar-refractivity contribution in [3.05, 3.63) is 59.2 Å².